The van der Waals surface area contributed by atoms with Crippen LogP contribution in [0.3, 0.4) is 0 Å². The molecule has 3 heterocycles. The molecule has 5 rings (SSSR count). The maximum absolute atomic E-state index is 13.2. The Morgan fingerprint density at radius 2 is 1.79 bits per heavy atom. The molecule has 0 N–H and O–H groups in total. The zero-order valence-corrected chi connectivity index (χ0v) is 20.5. The molecule has 0 radical (unpaired) electrons. The van der Waals surface area contributed by atoms with Crippen molar-refractivity contribution in [2.75, 3.05) is 55.3 Å². The number of likely N-dealkylation sites (N-methyl/N-ethyl adjacent to an activating group) is 1. The third-order valence-electron chi connectivity index (χ3n) is 6.81. The van der Waals surface area contributed by atoms with Gasteiger partial charge in [0.2, 0.25) is 15.9 Å². The highest BCUT2D eigenvalue weighted by atomic mass is 32.2. The molecule has 0 spiro atoms. The van der Waals surface area contributed by atoms with Crippen molar-refractivity contribution in [1.29, 1.82) is 0 Å². The first-order valence-electron chi connectivity index (χ1n) is 11.7. The van der Waals surface area contributed by atoms with E-state index >= 15 is 0 Å². The van der Waals surface area contributed by atoms with E-state index in [4.69, 9.17) is 0 Å². The highest BCUT2D eigenvalue weighted by molar-refractivity contribution is 7.90. The molecule has 2 aliphatic rings. The molecule has 1 amide bonds. The first-order chi connectivity index (χ1) is 16.3. The van der Waals surface area contributed by atoms with Crippen LogP contribution in [0.1, 0.15) is 18.1 Å². The molecule has 0 saturated carbocycles. The monoisotopic (exact) mass is 478 g/mol. The van der Waals surface area contributed by atoms with Crippen LogP contribution in [0, 0.1) is 0 Å². The van der Waals surface area contributed by atoms with E-state index in [1.807, 2.05) is 42.5 Å². The Morgan fingerprint density at radius 3 is 2.56 bits per heavy atom. The Morgan fingerprint density at radius 1 is 1.00 bits per heavy atom. The van der Waals surface area contributed by atoms with Crippen molar-refractivity contribution in [3.63, 3.8) is 0 Å². The lowest BCUT2D eigenvalue weighted by atomic mass is 10.1. The average molecular weight is 479 g/mol. The fourth-order valence-corrected chi connectivity index (χ4v) is 6.04. The van der Waals surface area contributed by atoms with Gasteiger partial charge in [-0.1, -0.05) is 24.3 Å². The Bertz CT molecular complexity index is 1370. The highest BCUT2D eigenvalue weighted by Gasteiger charge is 2.22. The van der Waals surface area contributed by atoms with E-state index in [9.17, 15) is 13.2 Å². The summed E-state index contributed by atoms with van der Waals surface area (Å²) in [4.78, 5) is 18.1. The summed E-state index contributed by atoms with van der Waals surface area (Å²) in [6.07, 6.45) is 6.01. The third-order valence-corrected chi connectivity index (χ3v) is 8.34. The second kappa shape index (κ2) is 8.92. The number of amides is 1. The normalized spacial score (nSPS) is 17.1. The summed E-state index contributed by atoms with van der Waals surface area (Å²) in [6.45, 7) is 6.14. The molecular formula is C26H30N4O3S. The number of hydrogen-bond acceptors (Lipinski definition) is 5. The predicted molar refractivity (Wildman–Crippen MR) is 138 cm³/mol. The van der Waals surface area contributed by atoms with Gasteiger partial charge in [0.05, 0.1) is 11.3 Å². The van der Waals surface area contributed by atoms with Gasteiger partial charge in [-0.05, 0) is 54.9 Å². The molecule has 1 aromatic heterocycles. The van der Waals surface area contributed by atoms with Gasteiger partial charge in [-0.2, -0.15) is 0 Å². The molecule has 0 aliphatic carbocycles. The minimum Gasteiger partial charge on any atom is -0.369 e. The summed E-state index contributed by atoms with van der Waals surface area (Å²) >= 11 is 0. The second-order valence-corrected chi connectivity index (χ2v) is 11.0. The van der Waals surface area contributed by atoms with Gasteiger partial charge in [-0.3, -0.25) is 4.79 Å². The molecule has 3 aromatic rings. The van der Waals surface area contributed by atoms with E-state index in [1.165, 1.54) is 3.97 Å². The maximum Gasteiger partial charge on any atom is 0.242 e. The zero-order valence-electron chi connectivity index (χ0n) is 19.6. The third kappa shape index (κ3) is 4.35. The van der Waals surface area contributed by atoms with Crippen LogP contribution in [0.15, 0.2) is 54.7 Å². The number of piperazine rings is 1. The van der Waals surface area contributed by atoms with Crippen LogP contribution in [0.25, 0.3) is 17.0 Å². The van der Waals surface area contributed by atoms with Crippen molar-refractivity contribution in [2.24, 2.45) is 0 Å². The highest BCUT2D eigenvalue weighted by Crippen LogP contribution is 2.29. The summed E-state index contributed by atoms with van der Waals surface area (Å²) in [5, 5.41) is 0.916. The summed E-state index contributed by atoms with van der Waals surface area (Å²) in [5.74, 6) is -0.0468. The summed E-state index contributed by atoms with van der Waals surface area (Å²) in [5.41, 5.74) is 4.78. The minimum absolute atomic E-state index is 0.0443. The number of fused-ring (bicyclic) bond motifs is 2. The van der Waals surface area contributed by atoms with Crippen molar-refractivity contribution in [1.82, 2.24) is 8.87 Å². The number of hydrogen-bond donors (Lipinski definition) is 0. The molecule has 178 valence electrons. The van der Waals surface area contributed by atoms with Crippen molar-refractivity contribution in [3.05, 3.63) is 65.9 Å². The first-order valence-corrected chi connectivity index (χ1v) is 13.3. The summed E-state index contributed by atoms with van der Waals surface area (Å²) in [7, 11) is -1.43. The Labute approximate surface area is 200 Å². The molecule has 7 nitrogen and oxygen atoms in total. The van der Waals surface area contributed by atoms with Crippen molar-refractivity contribution < 1.29 is 13.2 Å². The molecule has 34 heavy (non-hydrogen) atoms. The average Bonchev–Trinajstić information content (AvgIpc) is 3.43. The first kappa shape index (κ1) is 22.7. The molecule has 1 saturated heterocycles. The van der Waals surface area contributed by atoms with Crippen molar-refractivity contribution in [2.45, 2.75) is 13.3 Å². The zero-order chi connectivity index (χ0) is 23.9. The van der Waals surface area contributed by atoms with Crippen LogP contribution in [0.5, 0.6) is 0 Å². The number of nitrogens with zero attached hydrogens (tertiary/aromatic N) is 4. The summed E-state index contributed by atoms with van der Waals surface area (Å²) in [6, 6.07) is 13.8. The largest absolute Gasteiger partial charge is 0.369 e. The van der Waals surface area contributed by atoms with Gasteiger partial charge in [0, 0.05) is 62.6 Å². The molecule has 2 aromatic carbocycles. The second-order valence-electron chi connectivity index (χ2n) is 9.13. The van der Waals surface area contributed by atoms with E-state index in [0.717, 1.165) is 60.5 Å². The van der Waals surface area contributed by atoms with Gasteiger partial charge in [0.15, 0.2) is 0 Å². The lowest BCUT2D eigenvalue weighted by molar-refractivity contribution is -0.116. The van der Waals surface area contributed by atoms with Gasteiger partial charge >= 0.3 is 0 Å². The van der Waals surface area contributed by atoms with Crippen molar-refractivity contribution >= 4 is 44.3 Å². The molecule has 0 bridgehead atoms. The predicted octanol–water partition coefficient (Wildman–Crippen LogP) is 3.19. The van der Waals surface area contributed by atoms with E-state index in [2.05, 4.69) is 22.9 Å². The molecule has 1 fully saturated rings. The quantitative estimate of drug-likeness (QED) is 0.564. The SMILES string of the molecule is CC(=O)N1CCc2cc(C=CCS(=O)(=O)n3ccc4ccc(N5CCN(C)CC5)cc43)ccc21. The van der Waals surface area contributed by atoms with Crippen LogP contribution in [-0.4, -0.2) is 68.7 Å². The Balaban J connectivity index is 1.34. The van der Waals surface area contributed by atoms with Crippen LogP contribution < -0.4 is 9.80 Å². The number of carbonyl (C=O) groups is 1. The van der Waals surface area contributed by atoms with E-state index < -0.39 is 10.0 Å². The number of benzene rings is 2. The number of aromatic nitrogens is 1. The molecule has 2 aliphatic heterocycles. The van der Waals surface area contributed by atoms with Crippen LogP contribution >= 0.6 is 0 Å². The standard InChI is InChI=1S/C26H30N4O3S/c1-20(31)29-11-9-23-18-21(5-8-25(23)29)4-3-17-34(32,33)30-12-10-22-6-7-24(19-26(22)30)28-15-13-27(2)14-16-28/h3-8,10,12,18-19H,9,11,13-17H2,1-2H3. The molecule has 0 atom stereocenters. The topological polar surface area (TPSA) is 65.9 Å². The van der Waals surface area contributed by atoms with Crippen LogP contribution in [0.2, 0.25) is 0 Å². The number of carbonyl (C=O) groups excluding carboxylic acids is 1. The Kier molecular flexibility index (Phi) is 5.95. The number of anilines is 2. The number of rotatable bonds is 5. The fourth-order valence-electron chi connectivity index (χ4n) is 4.83. The summed E-state index contributed by atoms with van der Waals surface area (Å²) < 4.78 is 27.8. The van der Waals surface area contributed by atoms with E-state index in [1.54, 1.807) is 24.1 Å². The lowest BCUT2D eigenvalue weighted by Crippen LogP contribution is -2.44. The van der Waals surface area contributed by atoms with Crippen LogP contribution in [-0.2, 0) is 21.2 Å². The van der Waals surface area contributed by atoms with E-state index in [-0.39, 0.29) is 11.7 Å². The lowest BCUT2D eigenvalue weighted by Gasteiger charge is -2.34. The maximum atomic E-state index is 13.2. The smallest absolute Gasteiger partial charge is 0.242 e. The van der Waals surface area contributed by atoms with Gasteiger partial charge in [0.1, 0.15) is 0 Å². The van der Waals surface area contributed by atoms with Crippen LogP contribution in [0.4, 0.5) is 11.4 Å². The van der Waals surface area contributed by atoms with Gasteiger partial charge in [-0.25, -0.2) is 12.4 Å². The Hall–Kier alpha value is -3.10. The fraction of sp³-hybridized carbons (Fsp3) is 0.346. The minimum atomic E-state index is -3.55. The molecule has 8 heteroatoms. The molecule has 0 unspecified atom stereocenters. The van der Waals surface area contributed by atoms with Crippen molar-refractivity contribution in [3.8, 4) is 0 Å². The van der Waals surface area contributed by atoms with Gasteiger partial charge in [0.25, 0.3) is 0 Å². The molecular weight excluding hydrogens is 448 g/mol. The van der Waals surface area contributed by atoms with Gasteiger partial charge in [-0.15, -0.1) is 0 Å². The van der Waals surface area contributed by atoms with Gasteiger partial charge < -0.3 is 14.7 Å². The van der Waals surface area contributed by atoms with E-state index in [0.29, 0.717) is 12.1 Å².